The molecule has 6 heteroatoms. The minimum atomic E-state index is -1.51. The summed E-state index contributed by atoms with van der Waals surface area (Å²) >= 11 is 0. The minimum absolute atomic E-state index is 0.442. The molecule has 0 fully saturated rings. The molecule has 0 spiro atoms. The highest BCUT2D eigenvalue weighted by molar-refractivity contribution is 5.92. The zero-order valence-corrected chi connectivity index (χ0v) is 8.68. The van der Waals surface area contributed by atoms with Crippen molar-refractivity contribution in [2.24, 2.45) is 4.99 Å². The first kappa shape index (κ1) is 12.5. The third-order valence-corrected chi connectivity index (χ3v) is 1.27. The van der Waals surface area contributed by atoms with Crippen LogP contribution >= 0.6 is 0 Å². The van der Waals surface area contributed by atoms with Crippen molar-refractivity contribution in [2.45, 2.75) is 32.4 Å². The van der Waals surface area contributed by atoms with Gasteiger partial charge in [-0.3, -0.25) is 15.1 Å². The lowest BCUT2D eigenvalue weighted by Gasteiger charge is -2.11. The van der Waals surface area contributed by atoms with Crippen molar-refractivity contribution < 1.29 is 14.5 Å². The maximum absolute atomic E-state index is 10.9. The van der Waals surface area contributed by atoms with Crippen molar-refractivity contribution in [3.63, 3.8) is 0 Å². The Morgan fingerprint density at radius 2 is 2.07 bits per heavy atom. The van der Waals surface area contributed by atoms with Gasteiger partial charge in [0, 0.05) is 4.92 Å². The van der Waals surface area contributed by atoms with E-state index in [1.807, 2.05) is 0 Å². The predicted octanol–water partition coefficient (Wildman–Crippen LogP) is 0.674. The molecule has 0 bridgehead atoms. The summed E-state index contributed by atoms with van der Waals surface area (Å²) in [7, 11) is 1.10. The molecule has 0 aromatic carbocycles. The van der Waals surface area contributed by atoms with E-state index in [-0.39, 0.29) is 0 Å². The smallest absolute Gasteiger partial charge is 0.387 e. The van der Waals surface area contributed by atoms with Gasteiger partial charge in [0.25, 0.3) is 0 Å². The van der Waals surface area contributed by atoms with Gasteiger partial charge in [0.05, 0.1) is 18.9 Å². The molecule has 0 radical (unpaired) electrons. The number of aliphatic imine (C=N–C) groups is 1. The van der Waals surface area contributed by atoms with Crippen LogP contribution in [0.1, 0.15) is 20.8 Å². The highest BCUT2D eigenvalue weighted by Gasteiger charge is 2.29. The quantitative estimate of drug-likeness (QED) is 0.291. The maximum Gasteiger partial charge on any atom is 0.387 e. The number of ether oxygens (including phenoxy) is 1. The summed E-state index contributed by atoms with van der Waals surface area (Å²) in [6, 6.07) is -1.51. The van der Waals surface area contributed by atoms with Gasteiger partial charge in [-0.15, -0.1) is 0 Å². The summed E-state index contributed by atoms with van der Waals surface area (Å²) in [4.78, 5) is 24.5. The van der Waals surface area contributed by atoms with Gasteiger partial charge in [-0.05, 0) is 20.8 Å². The Hall–Kier alpha value is -1.46. The summed E-state index contributed by atoms with van der Waals surface area (Å²) in [5.74, 6) is -0.914. The number of nitro groups is 1. The highest BCUT2D eigenvalue weighted by atomic mass is 16.6. The van der Waals surface area contributed by atoms with E-state index in [4.69, 9.17) is 0 Å². The van der Waals surface area contributed by atoms with Crippen molar-refractivity contribution in [1.29, 1.82) is 0 Å². The van der Waals surface area contributed by atoms with E-state index < -0.39 is 22.5 Å². The average Bonchev–Trinajstić information content (AvgIpc) is 2.01. The van der Waals surface area contributed by atoms with Crippen LogP contribution in [0.4, 0.5) is 0 Å². The number of rotatable bonds is 3. The molecular formula is C8H14N2O4. The van der Waals surface area contributed by atoms with Crippen LogP contribution in [0, 0.1) is 10.1 Å². The van der Waals surface area contributed by atoms with Gasteiger partial charge in [-0.2, -0.15) is 0 Å². The van der Waals surface area contributed by atoms with Gasteiger partial charge in [-0.25, -0.2) is 4.79 Å². The lowest BCUT2D eigenvalue weighted by atomic mass is 10.1. The fourth-order valence-corrected chi connectivity index (χ4v) is 0.616. The average molecular weight is 202 g/mol. The van der Waals surface area contributed by atoms with Crippen molar-refractivity contribution in [3.8, 4) is 0 Å². The molecule has 6 nitrogen and oxygen atoms in total. The Balaban J connectivity index is 4.63. The minimum Gasteiger partial charge on any atom is -0.464 e. The number of nitrogens with zero attached hydrogens (tertiary/aromatic N) is 2. The first-order valence-electron chi connectivity index (χ1n) is 4.04. The van der Waals surface area contributed by atoms with Crippen molar-refractivity contribution in [1.82, 2.24) is 0 Å². The number of esters is 1. The van der Waals surface area contributed by atoms with Crippen LogP contribution in [-0.4, -0.2) is 35.8 Å². The Kier molecular flexibility index (Phi) is 4.20. The Bertz CT molecular complexity index is 255. The van der Waals surface area contributed by atoms with Crippen LogP contribution in [0.15, 0.2) is 4.99 Å². The summed E-state index contributed by atoms with van der Waals surface area (Å²) in [6.07, 6.45) is 1.01. The Morgan fingerprint density at radius 3 is 2.36 bits per heavy atom. The van der Waals surface area contributed by atoms with E-state index in [0.29, 0.717) is 0 Å². The fourth-order valence-electron chi connectivity index (χ4n) is 0.616. The van der Waals surface area contributed by atoms with E-state index in [9.17, 15) is 14.9 Å². The maximum atomic E-state index is 10.9. The lowest BCUT2D eigenvalue weighted by Crippen LogP contribution is -2.33. The second-order valence-corrected chi connectivity index (χ2v) is 3.70. The molecule has 0 N–H and O–H groups in total. The van der Waals surface area contributed by atoms with Gasteiger partial charge in [0.15, 0.2) is 0 Å². The molecule has 0 aliphatic rings. The summed E-state index contributed by atoms with van der Waals surface area (Å²) < 4.78 is 4.27. The van der Waals surface area contributed by atoms with E-state index in [0.717, 1.165) is 13.3 Å². The van der Waals surface area contributed by atoms with Gasteiger partial charge in [0.1, 0.15) is 0 Å². The molecule has 0 saturated heterocycles. The number of methoxy groups -OCH3 is 1. The van der Waals surface area contributed by atoms with Gasteiger partial charge >= 0.3 is 12.0 Å². The largest absolute Gasteiger partial charge is 0.464 e. The molecule has 0 aromatic heterocycles. The molecule has 0 aromatic rings. The molecule has 0 aliphatic carbocycles. The molecule has 0 saturated carbocycles. The summed E-state index contributed by atoms with van der Waals surface area (Å²) in [5, 5.41) is 10.4. The Labute approximate surface area is 82.1 Å². The van der Waals surface area contributed by atoms with Crippen LogP contribution in [0.25, 0.3) is 0 Å². The zero-order chi connectivity index (χ0) is 11.4. The van der Waals surface area contributed by atoms with Crippen molar-refractivity contribution in [2.75, 3.05) is 7.11 Å². The zero-order valence-electron chi connectivity index (χ0n) is 8.68. The third kappa shape index (κ3) is 4.54. The van der Waals surface area contributed by atoms with Crippen molar-refractivity contribution in [3.05, 3.63) is 10.1 Å². The molecule has 0 rings (SSSR count). The number of carbonyl (C=O) groups excluding carboxylic acids is 1. The second kappa shape index (κ2) is 4.69. The van der Waals surface area contributed by atoms with Gasteiger partial charge in [-0.1, -0.05) is 0 Å². The van der Waals surface area contributed by atoms with Crippen LogP contribution in [0.2, 0.25) is 0 Å². The summed E-state index contributed by atoms with van der Waals surface area (Å²) in [5.41, 5.74) is -0.442. The molecule has 0 amide bonds. The van der Waals surface area contributed by atoms with Crippen LogP contribution in [-0.2, 0) is 9.53 Å². The molecule has 0 aliphatic heterocycles. The highest BCUT2D eigenvalue weighted by Crippen LogP contribution is 2.05. The van der Waals surface area contributed by atoms with Gasteiger partial charge < -0.3 is 4.74 Å². The second-order valence-electron chi connectivity index (χ2n) is 3.70. The van der Waals surface area contributed by atoms with Crippen LogP contribution in [0.3, 0.4) is 0 Å². The molecule has 14 heavy (non-hydrogen) atoms. The Morgan fingerprint density at radius 1 is 1.57 bits per heavy atom. The lowest BCUT2D eigenvalue weighted by molar-refractivity contribution is -0.490. The topological polar surface area (TPSA) is 81.8 Å². The van der Waals surface area contributed by atoms with Crippen molar-refractivity contribution >= 4 is 12.2 Å². The van der Waals surface area contributed by atoms with Gasteiger partial charge in [0.2, 0.25) is 0 Å². The molecular weight excluding hydrogens is 188 g/mol. The van der Waals surface area contributed by atoms with E-state index in [1.165, 1.54) is 0 Å². The third-order valence-electron chi connectivity index (χ3n) is 1.27. The monoisotopic (exact) mass is 202 g/mol. The predicted molar refractivity (Wildman–Crippen MR) is 51.0 cm³/mol. The molecule has 1 unspecified atom stereocenters. The molecule has 0 heterocycles. The normalized spacial score (nSPS) is 14.0. The standard InChI is InChI=1S/C8H14N2O4/c1-8(2,3)9-5-6(10(12)13)7(11)14-4/h5-6H,1-4H3. The summed E-state index contributed by atoms with van der Waals surface area (Å²) in [6.45, 7) is 5.33. The van der Waals surface area contributed by atoms with E-state index in [2.05, 4.69) is 9.73 Å². The first-order chi connectivity index (χ1) is 6.28. The first-order valence-corrected chi connectivity index (χ1v) is 4.04. The number of carbonyl (C=O) groups is 1. The fraction of sp³-hybridized carbons (Fsp3) is 0.750. The number of hydrogen-bond donors (Lipinski definition) is 0. The molecule has 80 valence electrons. The van der Waals surface area contributed by atoms with E-state index >= 15 is 0 Å². The number of hydrogen-bond acceptors (Lipinski definition) is 5. The van der Waals surface area contributed by atoms with Crippen LogP contribution < -0.4 is 0 Å². The van der Waals surface area contributed by atoms with E-state index in [1.54, 1.807) is 20.8 Å². The SMILES string of the molecule is COC(=O)C(C=NC(C)(C)C)[N+](=O)[O-]. The molecule has 1 atom stereocenters. The van der Waals surface area contributed by atoms with Crippen LogP contribution in [0.5, 0.6) is 0 Å².